The smallest absolute Gasteiger partial charge is 0.154 e. The Hall–Kier alpha value is -1.16. The Bertz CT molecular complexity index is 392. The molecule has 0 spiro atoms. The molecule has 0 aliphatic rings. The topological polar surface area (TPSA) is 41.8 Å². The molecule has 2 rings (SSSR count). The van der Waals surface area contributed by atoms with Crippen molar-refractivity contribution in [2.75, 3.05) is 0 Å². The zero-order valence-electron chi connectivity index (χ0n) is 7.24. The summed E-state index contributed by atoms with van der Waals surface area (Å²) in [6.45, 7) is 1.97. The summed E-state index contributed by atoms with van der Waals surface area (Å²) in [4.78, 5) is 7.48. The van der Waals surface area contributed by atoms with Crippen molar-refractivity contribution in [1.29, 1.82) is 0 Å². The van der Waals surface area contributed by atoms with E-state index < -0.39 is 0 Å². The first-order chi connectivity index (χ1) is 6.31. The Morgan fingerprint density at radius 3 is 3.00 bits per heavy atom. The number of hydrogen-bond donors (Lipinski definition) is 2. The van der Waals surface area contributed by atoms with E-state index in [9.17, 15) is 0 Å². The molecule has 68 valence electrons. The average molecular weight is 194 g/mol. The summed E-state index contributed by atoms with van der Waals surface area (Å²) in [5.74, 6) is 2.27. The van der Waals surface area contributed by atoms with Gasteiger partial charge in [-0.1, -0.05) is 0 Å². The minimum atomic E-state index is 0.613. The van der Waals surface area contributed by atoms with Crippen LogP contribution < -0.4 is 0 Å². The van der Waals surface area contributed by atoms with Gasteiger partial charge in [0.15, 0.2) is 5.76 Å². The molecule has 3 nitrogen and oxygen atoms in total. The predicted molar refractivity (Wildman–Crippen MR) is 53.7 cm³/mol. The van der Waals surface area contributed by atoms with Gasteiger partial charge in [0.25, 0.3) is 0 Å². The van der Waals surface area contributed by atoms with Crippen LogP contribution in [0.3, 0.4) is 0 Å². The van der Waals surface area contributed by atoms with E-state index in [1.165, 1.54) is 0 Å². The first-order valence-corrected chi connectivity index (χ1v) is 4.64. The van der Waals surface area contributed by atoms with Gasteiger partial charge in [0, 0.05) is 11.4 Å². The lowest BCUT2D eigenvalue weighted by molar-refractivity contribution is 0.580. The second kappa shape index (κ2) is 3.30. The molecule has 0 amide bonds. The van der Waals surface area contributed by atoms with E-state index in [2.05, 4.69) is 22.6 Å². The van der Waals surface area contributed by atoms with Crippen molar-refractivity contribution < 1.29 is 4.42 Å². The number of nitrogens with zero attached hydrogens (tertiary/aromatic N) is 1. The highest BCUT2D eigenvalue weighted by Gasteiger charge is 2.09. The molecule has 0 unspecified atom stereocenters. The van der Waals surface area contributed by atoms with Gasteiger partial charge >= 0.3 is 0 Å². The molecule has 13 heavy (non-hydrogen) atoms. The van der Waals surface area contributed by atoms with Crippen LogP contribution in [0, 0.1) is 6.92 Å². The fraction of sp³-hybridized carbons (Fsp3) is 0.222. The van der Waals surface area contributed by atoms with Crippen LogP contribution in [0.5, 0.6) is 0 Å². The summed E-state index contributed by atoms with van der Waals surface area (Å²) in [5, 5.41) is 0. The third-order valence-electron chi connectivity index (χ3n) is 1.84. The first kappa shape index (κ1) is 8.44. The van der Waals surface area contributed by atoms with Gasteiger partial charge in [-0.05, 0) is 19.1 Å². The standard InChI is InChI=1S/C9H10N2OS/c1-6-9(7-3-2-4-12-7)11-8(5-13)10-6/h2-4,13H,5H2,1H3,(H,10,11). The van der Waals surface area contributed by atoms with Crippen LogP contribution in [-0.4, -0.2) is 9.97 Å². The molecule has 0 bridgehead atoms. The Morgan fingerprint density at radius 2 is 2.46 bits per heavy atom. The fourth-order valence-electron chi connectivity index (χ4n) is 1.25. The number of hydrogen-bond acceptors (Lipinski definition) is 3. The number of aromatic amines is 1. The van der Waals surface area contributed by atoms with Gasteiger partial charge in [-0.25, -0.2) is 4.98 Å². The third kappa shape index (κ3) is 1.49. The van der Waals surface area contributed by atoms with E-state index >= 15 is 0 Å². The number of furan rings is 1. The minimum Gasteiger partial charge on any atom is -0.463 e. The molecule has 2 heterocycles. The second-order valence-corrected chi connectivity index (χ2v) is 3.11. The lowest BCUT2D eigenvalue weighted by atomic mass is 10.3. The molecule has 2 aromatic rings. The number of rotatable bonds is 2. The number of thiol groups is 1. The number of aryl methyl sites for hydroxylation is 1. The van der Waals surface area contributed by atoms with E-state index in [0.29, 0.717) is 5.75 Å². The Labute approximate surface area is 81.6 Å². The van der Waals surface area contributed by atoms with E-state index in [4.69, 9.17) is 4.42 Å². The minimum absolute atomic E-state index is 0.613. The number of nitrogens with one attached hydrogen (secondary N) is 1. The normalized spacial score (nSPS) is 10.6. The summed E-state index contributed by atoms with van der Waals surface area (Å²) >= 11 is 4.14. The Kier molecular flexibility index (Phi) is 2.14. The second-order valence-electron chi connectivity index (χ2n) is 2.79. The summed E-state index contributed by atoms with van der Waals surface area (Å²) in [7, 11) is 0. The summed E-state index contributed by atoms with van der Waals surface area (Å²) in [6, 6.07) is 3.75. The molecular formula is C9H10N2OS. The molecule has 0 aliphatic carbocycles. The maximum Gasteiger partial charge on any atom is 0.154 e. The van der Waals surface area contributed by atoms with Crippen LogP contribution in [0.15, 0.2) is 22.8 Å². The SMILES string of the molecule is Cc1[nH]c(CS)nc1-c1ccco1. The maximum atomic E-state index is 5.25. The zero-order valence-corrected chi connectivity index (χ0v) is 8.14. The molecule has 4 heteroatoms. The summed E-state index contributed by atoms with van der Waals surface area (Å²) < 4.78 is 5.25. The van der Waals surface area contributed by atoms with E-state index in [1.54, 1.807) is 6.26 Å². The van der Waals surface area contributed by atoms with E-state index in [-0.39, 0.29) is 0 Å². The van der Waals surface area contributed by atoms with E-state index in [1.807, 2.05) is 19.1 Å². The average Bonchev–Trinajstić information content (AvgIpc) is 2.72. The van der Waals surface area contributed by atoms with Crippen LogP contribution in [0.4, 0.5) is 0 Å². The quantitative estimate of drug-likeness (QED) is 0.721. The largest absolute Gasteiger partial charge is 0.463 e. The van der Waals surface area contributed by atoms with Crippen LogP contribution in [0.1, 0.15) is 11.5 Å². The lowest BCUT2D eigenvalue weighted by Crippen LogP contribution is -1.78. The van der Waals surface area contributed by atoms with Crippen LogP contribution in [-0.2, 0) is 5.75 Å². The monoisotopic (exact) mass is 194 g/mol. The molecule has 0 fully saturated rings. The van der Waals surface area contributed by atoms with Gasteiger partial charge < -0.3 is 9.40 Å². The summed E-state index contributed by atoms with van der Waals surface area (Å²) in [5.41, 5.74) is 1.88. The molecule has 0 aliphatic heterocycles. The zero-order chi connectivity index (χ0) is 9.26. The van der Waals surface area contributed by atoms with Crippen molar-refractivity contribution in [3.05, 3.63) is 29.9 Å². The molecule has 2 aromatic heterocycles. The van der Waals surface area contributed by atoms with E-state index in [0.717, 1.165) is 23.0 Å². The molecule has 0 radical (unpaired) electrons. The highest BCUT2D eigenvalue weighted by Crippen LogP contribution is 2.21. The Balaban J connectivity index is 2.46. The van der Waals surface area contributed by atoms with Gasteiger partial charge in [-0.2, -0.15) is 12.6 Å². The molecule has 1 N–H and O–H groups in total. The van der Waals surface area contributed by atoms with Gasteiger partial charge in [-0.15, -0.1) is 0 Å². The number of H-pyrrole nitrogens is 1. The van der Waals surface area contributed by atoms with Crippen molar-refractivity contribution >= 4 is 12.6 Å². The fourth-order valence-corrected chi connectivity index (χ4v) is 1.40. The molecule has 0 saturated heterocycles. The van der Waals surface area contributed by atoms with Gasteiger partial charge in [0.2, 0.25) is 0 Å². The molecule has 0 saturated carbocycles. The van der Waals surface area contributed by atoms with Gasteiger partial charge in [0.1, 0.15) is 11.5 Å². The summed E-state index contributed by atoms with van der Waals surface area (Å²) in [6.07, 6.45) is 1.64. The molecular weight excluding hydrogens is 184 g/mol. The number of aromatic nitrogens is 2. The van der Waals surface area contributed by atoms with Crippen LogP contribution in [0.25, 0.3) is 11.5 Å². The van der Waals surface area contributed by atoms with Crippen LogP contribution in [0.2, 0.25) is 0 Å². The third-order valence-corrected chi connectivity index (χ3v) is 2.14. The molecule has 0 atom stereocenters. The van der Waals surface area contributed by atoms with Gasteiger partial charge in [-0.3, -0.25) is 0 Å². The van der Waals surface area contributed by atoms with Gasteiger partial charge in [0.05, 0.1) is 6.26 Å². The Morgan fingerprint density at radius 1 is 1.62 bits per heavy atom. The predicted octanol–water partition coefficient (Wildman–Crippen LogP) is 2.41. The van der Waals surface area contributed by atoms with Crippen LogP contribution >= 0.6 is 12.6 Å². The van der Waals surface area contributed by atoms with Crippen molar-refractivity contribution in [3.63, 3.8) is 0 Å². The van der Waals surface area contributed by atoms with Crippen molar-refractivity contribution in [2.24, 2.45) is 0 Å². The first-order valence-electron chi connectivity index (χ1n) is 4.01. The molecule has 0 aromatic carbocycles. The maximum absolute atomic E-state index is 5.25. The highest BCUT2D eigenvalue weighted by atomic mass is 32.1. The number of imidazole rings is 1. The highest BCUT2D eigenvalue weighted by molar-refractivity contribution is 7.79. The van der Waals surface area contributed by atoms with Crippen molar-refractivity contribution in [2.45, 2.75) is 12.7 Å². The van der Waals surface area contributed by atoms with Crippen molar-refractivity contribution in [3.8, 4) is 11.5 Å². The lowest BCUT2D eigenvalue weighted by Gasteiger charge is -1.89. The van der Waals surface area contributed by atoms with Crippen molar-refractivity contribution in [1.82, 2.24) is 9.97 Å².